The fourth-order valence-electron chi connectivity index (χ4n) is 2.69. The Morgan fingerprint density at radius 2 is 1.96 bits per heavy atom. The number of aliphatic imine (C=N–C) groups is 1. The summed E-state index contributed by atoms with van der Waals surface area (Å²) in [6.45, 7) is 4.66. The lowest BCUT2D eigenvalue weighted by atomic mass is 9.98. The molecule has 0 atom stereocenters. The van der Waals surface area contributed by atoms with Crippen LogP contribution in [-0.4, -0.2) is 44.1 Å². The van der Waals surface area contributed by atoms with Crippen LogP contribution in [0.1, 0.15) is 24.0 Å². The molecule has 0 amide bonds. The zero-order chi connectivity index (χ0) is 18.6. The Hall–Kier alpha value is -1.74. The van der Waals surface area contributed by atoms with Crippen molar-refractivity contribution in [2.45, 2.75) is 32.4 Å². The maximum atomic E-state index is 12.5. The molecule has 1 heterocycles. The molecule has 6 nitrogen and oxygen atoms in total. The van der Waals surface area contributed by atoms with Gasteiger partial charge in [0, 0.05) is 25.3 Å². The van der Waals surface area contributed by atoms with E-state index >= 15 is 0 Å². The van der Waals surface area contributed by atoms with Crippen molar-refractivity contribution in [3.05, 3.63) is 29.3 Å². The number of nitrogens with two attached hydrogens (primary N) is 1. The van der Waals surface area contributed by atoms with Crippen LogP contribution >= 0.6 is 0 Å². The van der Waals surface area contributed by atoms with Gasteiger partial charge in [-0.1, -0.05) is 6.07 Å². The summed E-state index contributed by atoms with van der Waals surface area (Å²) in [5.41, 5.74) is 9.06. The van der Waals surface area contributed by atoms with Gasteiger partial charge in [0.2, 0.25) is 0 Å². The molecule has 0 saturated carbocycles. The summed E-state index contributed by atoms with van der Waals surface area (Å²) >= 11 is 0. The van der Waals surface area contributed by atoms with Crippen LogP contribution in [0.3, 0.4) is 0 Å². The van der Waals surface area contributed by atoms with E-state index in [0.29, 0.717) is 19.4 Å². The molecule has 2 rings (SSSR count). The van der Waals surface area contributed by atoms with Gasteiger partial charge in [0.1, 0.15) is 0 Å². The number of aryl methyl sites for hydroxylation is 2. The number of benzene rings is 1. The summed E-state index contributed by atoms with van der Waals surface area (Å²) in [5, 5.41) is 3.02. The highest BCUT2D eigenvalue weighted by molar-refractivity contribution is 7.89. The Labute approximate surface area is 147 Å². The Morgan fingerprint density at radius 3 is 2.52 bits per heavy atom. The second kappa shape index (κ2) is 8.09. The van der Waals surface area contributed by atoms with Crippen molar-refractivity contribution in [3.63, 3.8) is 0 Å². The number of rotatable bonds is 5. The molecule has 1 aliphatic heterocycles. The lowest BCUT2D eigenvalue weighted by molar-refractivity contribution is 0.205. The monoisotopic (exact) mass is 374 g/mol. The fraction of sp³-hybridized carbons (Fsp3) is 0.562. The average Bonchev–Trinajstić information content (AvgIpc) is 2.56. The van der Waals surface area contributed by atoms with Gasteiger partial charge in [0.15, 0.2) is 5.96 Å². The molecule has 0 radical (unpaired) electrons. The van der Waals surface area contributed by atoms with Gasteiger partial charge in [0.25, 0.3) is 10.0 Å². The average molecular weight is 374 g/mol. The maximum absolute atomic E-state index is 12.5. The van der Waals surface area contributed by atoms with E-state index in [-0.39, 0.29) is 25.0 Å². The molecule has 1 aromatic carbocycles. The predicted molar refractivity (Wildman–Crippen MR) is 95.2 cm³/mol. The van der Waals surface area contributed by atoms with Gasteiger partial charge in [-0.25, -0.2) is 8.42 Å². The van der Waals surface area contributed by atoms with Crippen LogP contribution in [-0.2, 0) is 10.0 Å². The van der Waals surface area contributed by atoms with Gasteiger partial charge in [0.05, 0.1) is 0 Å². The molecular weight excluding hydrogens is 350 g/mol. The number of anilines is 1. The summed E-state index contributed by atoms with van der Waals surface area (Å²) in [4.78, 5) is 4.28. The van der Waals surface area contributed by atoms with Crippen LogP contribution in [0.15, 0.2) is 23.2 Å². The number of nitrogens with one attached hydrogen (secondary N) is 1. The lowest BCUT2D eigenvalue weighted by Gasteiger charge is -2.30. The van der Waals surface area contributed by atoms with Crippen LogP contribution in [0.25, 0.3) is 0 Å². The Balaban J connectivity index is 1.85. The van der Waals surface area contributed by atoms with Gasteiger partial charge >= 0.3 is 5.76 Å². The number of alkyl halides is 2. The van der Waals surface area contributed by atoms with E-state index in [1.54, 1.807) is 0 Å². The molecule has 3 N–H and O–H groups in total. The third-order valence-corrected chi connectivity index (χ3v) is 5.99. The van der Waals surface area contributed by atoms with E-state index in [1.165, 1.54) is 5.56 Å². The Morgan fingerprint density at radius 1 is 1.32 bits per heavy atom. The number of piperidine rings is 1. The summed E-state index contributed by atoms with van der Waals surface area (Å²) in [6.07, 6.45) is 0.985. The largest absolute Gasteiger partial charge is 0.370 e. The van der Waals surface area contributed by atoms with E-state index in [4.69, 9.17) is 5.73 Å². The number of sulfonamides is 1. The van der Waals surface area contributed by atoms with Crippen LogP contribution in [0.2, 0.25) is 0 Å². The smallest absolute Gasteiger partial charge is 0.350 e. The summed E-state index contributed by atoms with van der Waals surface area (Å²) in [7, 11) is -4.48. The SMILES string of the molecule is Cc1ccc(NC(N)=NCC2CCN(S(=O)(=O)C(F)F)CC2)cc1C. The number of halogens is 2. The van der Waals surface area contributed by atoms with Crippen molar-refractivity contribution in [3.8, 4) is 0 Å². The summed E-state index contributed by atoms with van der Waals surface area (Å²) in [6, 6.07) is 5.88. The highest BCUT2D eigenvalue weighted by Gasteiger charge is 2.34. The van der Waals surface area contributed by atoms with Gasteiger partial charge in [-0.3, -0.25) is 4.99 Å². The molecule has 140 valence electrons. The fourth-order valence-corrected chi connectivity index (χ4v) is 3.64. The number of nitrogens with zero attached hydrogens (tertiary/aromatic N) is 2. The molecule has 0 aromatic heterocycles. The topological polar surface area (TPSA) is 87.8 Å². The first kappa shape index (κ1) is 19.6. The molecule has 0 aliphatic carbocycles. The van der Waals surface area contributed by atoms with Crippen LogP contribution in [0.4, 0.5) is 14.5 Å². The minimum Gasteiger partial charge on any atom is -0.370 e. The zero-order valence-corrected chi connectivity index (χ0v) is 15.2. The van der Waals surface area contributed by atoms with Crippen molar-refractivity contribution in [2.75, 3.05) is 25.0 Å². The molecule has 0 spiro atoms. The van der Waals surface area contributed by atoms with Crippen LogP contribution in [0.5, 0.6) is 0 Å². The molecule has 0 unspecified atom stereocenters. The normalized spacial score (nSPS) is 17.9. The first-order valence-electron chi connectivity index (χ1n) is 8.11. The molecule has 1 fully saturated rings. The van der Waals surface area contributed by atoms with E-state index < -0.39 is 15.8 Å². The first-order valence-corrected chi connectivity index (χ1v) is 9.62. The quantitative estimate of drug-likeness (QED) is 0.611. The van der Waals surface area contributed by atoms with Crippen molar-refractivity contribution in [2.24, 2.45) is 16.6 Å². The first-order chi connectivity index (χ1) is 11.7. The van der Waals surface area contributed by atoms with Gasteiger partial charge in [-0.15, -0.1) is 0 Å². The minimum absolute atomic E-state index is 0.0946. The molecule has 1 saturated heterocycles. The molecule has 9 heteroatoms. The van der Waals surface area contributed by atoms with E-state index in [2.05, 4.69) is 10.3 Å². The third-order valence-electron chi connectivity index (χ3n) is 4.46. The lowest BCUT2D eigenvalue weighted by Crippen LogP contribution is -2.41. The van der Waals surface area contributed by atoms with E-state index in [0.717, 1.165) is 15.6 Å². The maximum Gasteiger partial charge on any atom is 0.350 e. The molecule has 1 aromatic rings. The van der Waals surface area contributed by atoms with Crippen molar-refractivity contribution in [1.82, 2.24) is 4.31 Å². The summed E-state index contributed by atoms with van der Waals surface area (Å²) < 4.78 is 48.8. The van der Waals surface area contributed by atoms with Gasteiger partial charge in [-0.05, 0) is 55.9 Å². The highest BCUT2D eigenvalue weighted by atomic mass is 32.2. The van der Waals surface area contributed by atoms with E-state index in [9.17, 15) is 17.2 Å². The van der Waals surface area contributed by atoms with Gasteiger partial charge < -0.3 is 11.1 Å². The summed E-state index contributed by atoms with van der Waals surface area (Å²) in [5.74, 6) is -2.95. The predicted octanol–water partition coefficient (Wildman–Crippen LogP) is 2.29. The second-order valence-electron chi connectivity index (χ2n) is 6.30. The van der Waals surface area contributed by atoms with Crippen LogP contribution < -0.4 is 11.1 Å². The van der Waals surface area contributed by atoms with Gasteiger partial charge in [-0.2, -0.15) is 13.1 Å². The van der Waals surface area contributed by atoms with Crippen molar-refractivity contribution in [1.29, 1.82) is 0 Å². The standard InChI is InChI=1S/C16H24F2N4O2S/c1-11-3-4-14(9-12(11)2)21-16(19)20-10-13-5-7-22(8-6-13)25(23,24)15(17)18/h3-4,9,13,15H,5-8,10H2,1-2H3,(H3,19,20,21). The molecule has 25 heavy (non-hydrogen) atoms. The van der Waals surface area contributed by atoms with Crippen molar-refractivity contribution >= 4 is 21.7 Å². The number of hydrogen-bond acceptors (Lipinski definition) is 3. The third kappa shape index (κ3) is 5.12. The number of guanidine groups is 1. The highest BCUT2D eigenvalue weighted by Crippen LogP contribution is 2.22. The Bertz CT molecular complexity index is 730. The molecular formula is C16H24F2N4O2S. The Kier molecular flexibility index (Phi) is 6.34. The molecule has 1 aliphatic rings. The van der Waals surface area contributed by atoms with Crippen molar-refractivity contribution < 1.29 is 17.2 Å². The van der Waals surface area contributed by atoms with E-state index in [1.807, 2.05) is 32.0 Å². The minimum atomic E-state index is -4.48. The second-order valence-corrected chi connectivity index (χ2v) is 8.20. The van der Waals surface area contributed by atoms with Crippen LogP contribution in [0, 0.1) is 19.8 Å². The molecule has 0 bridgehead atoms. The number of hydrogen-bond donors (Lipinski definition) is 2. The zero-order valence-electron chi connectivity index (χ0n) is 14.4.